The minimum atomic E-state index is -0.328. The first kappa shape index (κ1) is 15.2. The summed E-state index contributed by atoms with van der Waals surface area (Å²) in [6.07, 6.45) is 0. The van der Waals surface area contributed by atoms with Gasteiger partial charge < -0.3 is 15.2 Å². The van der Waals surface area contributed by atoms with Crippen molar-refractivity contribution in [3.05, 3.63) is 57.0 Å². The van der Waals surface area contributed by atoms with Gasteiger partial charge in [-0.1, -0.05) is 17.7 Å². The second-order valence-electron chi connectivity index (χ2n) is 4.26. The van der Waals surface area contributed by atoms with Crippen LogP contribution in [0.1, 0.15) is 17.2 Å². The average molecular weight is 357 g/mol. The van der Waals surface area contributed by atoms with Crippen LogP contribution in [0.15, 0.2) is 40.9 Å². The van der Waals surface area contributed by atoms with Crippen LogP contribution in [0, 0.1) is 0 Å². The van der Waals surface area contributed by atoms with Crippen molar-refractivity contribution in [3.63, 3.8) is 0 Å². The summed E-state index contributed by atoms with van der Waals surface area (Å²) in [6.45, 7) is 0. The number of hydrogen-bond donors (Lipinski definition) is 1. The summed E-state index contributed by atoms with van der Waals surface area (Å²) in [5.41, 5.74) is 8.11. The van der Waals surface area contributed by atoms with Crippen LogP contribution in [-0.4, -0.2) is 14.2 Å². The number of ether oxygens (including phenoxy) is 2. The Morgan fingerprint density at radius 3 is 2.30 bits per heavy atom. The van der Waals surface area contributed by atoms with Gasteiger partial charge in [-0.15, -0.1) is 0 Å². The van der Waals surface area contributed by atoms with Crippen LogP contribution in [0.4, 0.5) is 0 Å². The SMILES string of the molecule is COc1ccc(C(N)c2cc(Cl)ccc2OC)cc1Br. The quantitative estimate of drug-likeness (QED) is 0.894. The molecule has 2 aromatic carbocycles. The molecule has 0 aliphatic rings. The van der Waals surface area contributed by atoms with Gasteiger partial charge in [-0.3, -0.25) is 0 Å². The number of rotatable bonds is 4. The van der Waals surface area contributed by atoms with Crippen molar-refractivity contribution in [1.82, 2.24) is 0 Å². The standard InChI is InChI=1S/C15H15BrClNO2/c1-19-13-6-4-10(17)8-11(13)15(18)9-3-5-14(20-2)12(16)7-9/h3-8,15H,18H2,1-2H3. The van der Waals surface area contributed by atoms with Gasteiger partial charge in [-0.2, -0.15) is 0 Å². The highest BCUT2D eigenvalue weighted by molar-refractivity contribution is 9.10. The Bertz CT molecular complexity index is 619. The summed E-state index contributed by atoms with van der Waals surface area (Å²) in [4.78, 5) is 0. The fraction of sp³-hybridized carbons (Fsp3) is 0.200. The normalized spacial score (nSPS) is 12.1. The molecular weight excluding hydrogens is 342 g/mol. The Kier molecular flexibility index (Phi) is 4.91. The van der Waals surface area contributed by atoms with Crippen molar-refractivity contribution in [2.75, 3.05) is 14.2 Å². The van der Waals surface area contributed by atoms with Gasteiger partial charge in [0.1, 0.15) is 11.5 Å². The van der Waals surface area contributed by atoms with Gasteiger partial charge in [0.25, 0.3) is 0 Å². The third kappa shape index (κ3) is 3.08. The van der Waals surface area contributed by atoms with E-state index in [2.05, 4.69) is 15.9 Å². The molecule has 0 saturated heterocycles. The smallest absolute Gasteiger partial charge is 0.133 e. The molecule has 0 fully saturated rings. The molecule has 2 aromatic rings. The molecule has 0 heterocycles. The Morgan fingerprint density at radius 1 is 1.05 bits per heavy atom. The minimum Gasteiger partial charge on any atom is -0.496 e. The van der Waals surface area contributed by atoms with E-state index in [-0.39, 0.29) is 6.04 Å². The van der Waals surface area contributed by atoms with Crippen molar-refractivity contribution in [1.29, 1.82) is 0 Å². The van der Waals surface area contributed by atoms with Crippen LogP contribution in [0.2, 0.25) is 5.02 Å². The van der Waals surface area contributed by atoms with E-state index in [9.17, 15) is 0 Å². The summed E-state index contributed by atoms with van der Waals surface area (Å²) in [5, 5.41) is 0.629. The molecule has 3 nitrogen and oxygen atoms in total. The number of methoxy groups -OCH3 is 2. The number of hydrogen-bond acceptors (Lipinski definition) is 3. The van der Waals surface area contributed by atoms with Crippen LogP contribution in [0.3, 0.4) is 0 Å². The Morgan fingerprint density at radius 2 is 1.70 bits per heavy atom. The van der Waals surface area contributed by atoms with Crippen LogP contribution in [-0.2, 0) is 0 Å². The molecule has 0 bridgehead atoms. The third-order valence-corrected chi connectivity index (χ3v) is 3.92. The predicted octanol–water partition coefficient (Wildman–Crippen LogP) is 4.17. The lowest BCUT2D eigenvalue weighted by Crippen LogP contribution is -2.13. The molecule has 2 N–H and O–H groups in total. The fourth-order valence-electron chi connectivity index (χ4n) is 2.00. The molecule has 0 aromatic heterocycles. The molecule has 0 aliphatic heterocycles. The maximum Gasteiger partial charge on any atom is 0.133 e. The summed E-state index contributed by atoms with van der Waals surface area (Å²) < 4.78 is 11.4. The monoisotopic (exact) mass is 355 g/mol. The topological polar surface area (TPSA) is 44.5 Å². The minimum absolute atomic E-state index is 0.328. The molecule has 1 unspecified atom stereocenters. The van der Waals surface area contributed by atoms with Crippen LogP contribution in [0.25, 0.3) is 0 Å². The van der Waals surface area contributed by atoms with Gasteiger partial charge in [0, 0.05) is 10.6 Å². The average Bonchev–Trinajstić information content (AvgIpc) is 2.46. The van der Waals surface area contributed by atoms with Crippen molar-refractivity contribution < 1.29 is 9.47 Å². The molecule has 0 radical (unpaired) electrons. The second kappa shape index (κ2) is 6.48. The van der Waals surface area contributed by atoms with E-state index < -0.39 is 0 Å². The molecule has 1 atom stereocenters. The lowest BCUT2D eigenvalue weighted by atomic mass is 9.98. The summed E-state index contributed by atoms with van der Waals surface area (Å²) in [5.74, 6) is 1.48. The largest absolute Gasteiger partial charge is 0.496 e. The van der Waals surface area contributed by atoms with Crippen LogP contribution in [0.5, 0.6) is 11.5 Å². The molecule has 0 saturated carbocycles. The molecule has 2 rings (SSSR count). The van der Waals surface area contributed by atoms with Gasteiger partial charge in [-0.25, -0.2) is 0 Å². The van der Waals surface area contributed by atoms with Gasteiger partial charge in [0.2, 0.25) is 0 Å². The molecule has 20 heavy (non-hydrogen) atoms. The third-order valence-electron chi connectivity index (χ3n) is 3.06. The molecular formula is C15H15BrClNO2. The molecule has 0 aliphatic carbocycles. The summed E-state index contributed by atoms with van der Waals surface area (Å²) in [7, 11) is 3.24. The molecule has 0 amide bonds. The Hall–Kier alpha value is -1.23. The highest BCUT2D eigenvalue weighted by atomic mass is 79.9. The molecule has 106 valence electrons. The van der Waals surface area contributed by atoms with Gasteiger partial charge in [-0.05, 0) is 51.8 Å². The van der Waals surface area contributed by atoms with Crippen molar-refractivity contribution >= 4 is 27.5 Å². The van der Waals surface area contributed by atoms with E-state index in [4.69, 9.17) is 26.8 Å². The van der Waals surface area contributed by atoms with Crippen molar-refractivity contribution in [2.24, 2.45) is 5.73 Å². The van der Waals surface area contributed by atoms with Crippen molar-refractivity contribution in [3.8, 4) is 11.5 Å². The van der Waals surface area contributed by atoms with Gasteiger partial charge in [0.05, 0.1) is 24.7 Å². The summed E-state index contributed by atoms with van der Waals surface area (Å²) >= 11 is 9.50. The van der Waals surface area contributed by atoms with E-state index in [1.54, 1.807) is 20.3 Å². The first-order valence-electron chi connectivity index (χ1n) is 5.99. The first-order chi connectivity index (χ1) is 9.56. The second-order valence-corrected chi connectivity index (χ2v) is 5.55. The number of benzene rings is 2. The number of halogens is 2. The van der Waals surface area contributed by atoms with E-state index in [0.717, 1.165) is 21.3 Å². The maximum atomic E-state index is 6.32. The Labute approximate surface area is 131 Å². The van der Waals surface area contributed by atoms with Crippen LogP contribution < -0.4 is 15.2 Å². The highest BCUT2D eigenvalue weighted by Gasteiger charge is 2.16. The summed E-state index contributed by atoms with van der Waals surface area (Å²) in [6, 6.07) is 10.8. The molecule has 0 spiro atoms. The van der Waals surface area contributed by atoms with E-state index >= 15 is 0 Å². The zero-order valence-electron chi connectivity index (χ0n) is 11.2. The zero-order chi connectivity index (χ0) is 14.7. The lowest BCUT2D eigenvalue weighted by Gasteiger charge is -2.17. The van der Waals surface area contributed by atoms with Gasteiger partial charge >= 0.3 is 0 Å². The lowest BCUT2D eigenvalue weighted by molar-refractivity contribution is 0.407. The maximum absolute atomic E-state index is 6.32. The van der Waals surface area contributed by atoms with Crippen molar-refractivity contribution in [2.45, 2.75) is 6.04 Å². The first-order valence-corrected chi connectivity index (χ1v) is 7.16. The predicted molar refractivity (Wildman–Crippen MR) is 84.7 cm³/mol. The molecule has 5 heteroatoms. The van der Waals surface area contributed by atoms with E-state index in [1.807, 2.05) is 30.3 Å². The number of nitrogens with two attached hydrogens (primary N) is 1. The fourth-order valence-corrected chi connectivity index (χ4v) is 2.74. The van der Waals surface area contributed by atoms with E-state index in [1.165, 1.54) is 0 Å². The highest BCUT2D eigenvalue weighted by Crippen LogP contribution is 2.34. The van der Waals surface area contributed by atoms with Crippen LogP contribution >= 0.6 is 27.5 Å². The van der Waals surface area contributed by atoms with Gasteiger partial charge in [0.15, 0.2) is 0 Å². The zero-order valence-corrected chi connectivity index (χ0v) is 13.5. The Balaban J connectivity index is 2.43. The van der Waals surface area contributed by atoms with E-state index in [0.29, 0.717) is 10.8 Å².